The molecule has 122 valence electrons. The summed E-state index contributed by atoms with van der Waals surface area (Å²) in [7, 11) is 1.83. The van der Waals surface area contributed by atoms with Gasteiger partial charge in [0.25, 0.3) is 5.91 Å². The Balaban J connectivity index is 1.67. The van der Waals surface area contributed by atoms with Crippen LogP contribution in [-0.2, 0) is 7.05 Å². The number of carbonyl (C=O) groups excluding carboxylic acids is 1. The molecule has 0 saturated carbocycles. The predicted octanol–water partition coefficient (Wildman–Crippen LogP) is 2.52. The van der Waals surface area contributed by atoms with Crippen LogP contribution in [0.5, 0.6) is 0 Å². The Morgan fingerprint density at radius 3 is 2.91 bits per heavy atom. The number of piperidine rings is 1. The molecule has 2 aromatic heterocycles. The lowest BCUT2D eigenvalue weighted by atomic mass is 10.1. The first-order chi connectivity index (χ1) is 11.0. The van der Waals surface area contributed by atoms with Crippen LogP contribution in [0, 0.1) is 0 Å². The minimum atomic E-state index is -0.160. The molecule has 1 unspecified atom stereocenters. The molecule has 1 fully saturated rings. The van der Waals surface area contributed by atoms with E-state index in [4.69, 9.17) is 23.2 Å². The summed E-state index contributed by atoms with van der Waals surface area (Å²) in [6.07, 6.45) is 6.76. The third kappa shape index (κ3) is 3.76. The van der Waals surface area contributed by atoms with Crippen molar-refractivity contribution < 1.29 is 4.79 Å². The number of hydrogen-bond acceptors (Lipinski definition) is 4. The van der Waals surface area contributed by atoms with Crippen LogP contribution in [0.2, 0.25) is 10.0 Å². The molecular formula is C15H17Cl2N5O. The quantitative estimate of drug-likeness (QED) is 0.920. The van der Waals surface area contributed by atoms with Crippen LogP contribution < -0.4 is 10.2 Å². The molecule has 1 N–H and O–H groups in total. The zero-order chi connectivity index (χ0) is 16.4. The van der Waals surface area contributed by atoms with Crippen LogP contribution in [0.4, 0.5) is 5.82 Å². The minimum Gasteiger partial charge on any atom is -0.353 e. The van der Waals surface area contributed by atoms with Gasteiger partial charge >= 0.3 is 0 Å². The molecule has 2 aromatic rings. The highest BCUT2D eigenvalue weighted by Gasteiger charge is 2.24. The molecule has 1 saturated heterocycles. The van der Waals surface area contributed by atoms with E-state index in [1.165, 1.54) is 0 Å². The van der Waals surface area contributed by atoms with Gasteiger partial charge in [0.05, 0.1) is 16.4 Å². The number of rotatable bonds is 3. The maximum Gasteiger partial charge on any atom is 0.271 e. The Morgan fingerprint density at radius 2 is 2.22 bits per heavy atom. The zero-order valence-electron chi connectivity index (χ0n) is 12.7. The summed E-state index contributed by atoms with van der Waals surface area (Å²) >= 11 is 12.1. The molecule has 1 aliphatic heterocycles. The van der Waals surface area contributed by atoms with Crippen molar-refractivity contribution in [3.8, 4) is 0 Å². The fourth-order valence-electron chi connectivity index (χ4n) is 2.72. The summed E-state index contributed by atoms with van der Waals surface area (Å²) in [6, 6.07) is 1.72. The summed E-state index contributed by atoms with van der Waals surface area (Å²) in [4.78, 5) is 22.7. The van der Waals surface area contributed by atoms with Crippen LogP contribution in [0.3, 0.4) is 0 Å². The fourth-order valence-corrected chi connectivity index (χ4v) is 3.22. The summed E-state index contributed by atoms with van der Waals surface area (Å²) in [6.45, 7) is 1.51. The number of aryl methyl sites for hydroxylation is 1. The third-order valence-electron chi connectivity index (χ3n) is 3.78. The molecule has 0 bridgehead atoms. The minimum absolute atomic E-state index is 0.0341. The SMILES string of the molecule is Cn1cnc(C(=O)NC2CCCN(c3ncc(Cl)cc3Cl)C2)c1. The average molecular weight is 354 g/mol. The van der Waals surface area contributed by atoms with Crippen molar-refractivity contribution in [2.75, 3.05) is 18.0 Å². The van der Waals surface area contributed by atoms with Crippen LogP contribution in [0.1, 0.15) is 23.3 Å². The monoisotopic (exact) mass is 353 g/mol. The maximum absolute atomic E-state index is 12.2. The molecule has 1 atom stereocenters. The molecular weight excluding hydrogens is 337 g/mol. The van der Waals surface area contributed by atoms with Crippen LogP contribution in [-0.4, -0.2) is 39.6 Å². The average Bonchev–Trinajstić information content (AvgIpc) is 2.94. The lowest BCUT2D eigenvalue weighted by Gasteiger charge is -2.34. The first-order valence-corrected chi connectivity index (χ1v) is 8.13. The highest BCUT2D eigenvalue weighted by molar-refractivity contribution is 6.36. The molecule has 6 nitrogen and oxygen atoms in total. The third-order valence-corrected chi connectivity index (χ3v) is 4.27. The molecule has 1 aliphatic rings. The van der Waals surface area contributed by atoms with Gasteiger partial charge in [-0.25, -0.2) is 9.97 Å². The van der Waals surface area contributed by atoms with E-state index < -0.39 is 0 Å². The Morgan fingerprint density at radius 1 is 1.39 bits per heavy atom. The predicted molar refractivity (Wildman–Crippen MR) is 90.2 cm³/mol. The highest BCUT2D eigenvalue weighted by atomic mass is 35.5. The standard InChI is InChI=1S/C15H17Cl2N5O/c1-21-8-13(19-9-21)15(23)20-11-3-2-4-22(7-11)14-12(17)5-10(16)6-18-14/h5-6,8-9,11H,2-4,7H2,1H3,(H,20,23). The number of nitrogens with one attached hydrogen (secondary N) is 1. The number of carbonyl (C=O) groups is 1. The summed E-state index contributed by atoms with van der Waals surface area (Å²) in [5, 5.41) is 4.06. The normalized spacial score (nSPS) is 18.0. The van der Waals surface area contributed by atoms with Gasteiger partial charge in [-0.05, 0) is 18.9 Å². The smallest absolute Gasteiger partial charge is 0.271 e. The van der Waals surface area contributed by atoms with Crippen LogP contribution >= 0.6 is 23.2 Å². The topological polar surface area (TPSA) is 63.1 Å². The number of pyridine rings is 1. The number of aromatic nitrogens is 3. The fraction of sp³-hybridized carbons (Fsp3) is 0.400. The number of halogens is 2. The second kappa shape index (κ2) is 6.76. The number of nitrogens with zero attached hydrogens (tertiary/aromatic N) is 4. The highest BCUT2D eigenvalue weighted by Crippen LogP contribution is 2.28. The largest absolute Gasteiger partial charge is 0.353 e. The van der Waals surface area contributed by atoms with E-state index in [9.17, 15) is 4.79 Å². The van der Waals surface area contributed by atoms with Crippen molar-refractivity contribution in [3.63, 3.8) is 0 Å². The summed E-state index contributed by atoms with van der Waals surface area (Å²) in [5.41, 5.74) is 0.423. The van der Waals surface area contributed by atoms with E-state index in [0.29, 0.717) is 28.1 Å². The number of anilines is 1. The van der Waals surface area contributed by atoms with Crippen molar-refractivity contribution in [1.29, 1.82) is 0 Å². The van der Waals surface area contributed by atoms with Crippen molar-refractivity contribution in [2.45, 2.75) is 18.9 Å². The van der Waals surface area contributed by atoms with Gasteiger partial charge in [-0.3, -0.25) is 4.79 Å². The van der Waals surface area contributed by atoms with Crippen LogP contribution in [0.25, 0.3) is 0 Å². The molecule has 0 radical (unpaired) electrons. The second-order valence-electron chi connectivity index (χ2n) is 5.64. The van der Waals surface area contributed by atoms with Crippen LogP contribution in [0.15, 0.2) is 24.8 Å². The second-order valence-corrected chi connectivity index (χ2v) is 6.49. The van der Waals surface area contributed by atoms with Gasteiger partial charge in [0.15, 0.2) is 0 Å². The van der Waals surface area contributed by atoms with Crippen molar-refractivity contribution in [2.24, 2.45) is 7.05 Å². The number of imidazole rings is 1. The lowest BCUT2D eigenvalue weighted by Crippen LogP contribution is -2.48. The van der Waals surface area contributed by atoms with E-state index in [-0.39, 0.29) is 11.9 Å². The van der Waals surface area contributed by atoms with Gasteiger partial charge in [0.1, 0.15) is 11.5 Å². The van der Waals surface area contributed by atoms with E-state index in [1.807, 2.05) is 7.05 Å². The lowest BCUT2D eigenvalue weighted by molar-refractivity contribution is 0.0928. The molecule has 3 heterocycles. The van der Waals surface area contributed by atoms with Gasteiger partial charge in [0.2, 0.25) is 0 Å². The van der Waals surface area contributed by atoms with Gasteiger partial charge in [-0.15, -0.1) is 0 Å². The van der Waals surface area contributed by atoms with Gasteiger partial charge in [0, 0.05) is 38.6 Å². The Bertz CT molecular complexity index is 718. The van der Waals surface area contributed by atoms with E-state index >= 15 is 0 Å². The zero-order valence-corrected chi connectivity index (χ0v) is 14.2. The number of hydrogen-bond donors (Lipinski definition) is 1. The molecule has 0 aliphatic carbocycles. The maximum atomic E-state index is 12.2. The Hall–Kier alpha value is -1.79. The van der Waals surface area contributed by atoms with Gasteiger partial charge in [-0.2, -0.15) is 0 Å². The first kappa shape index (κ1) is 16.1. The van der Waals surface area contributed by atoms with Crippen molar-refractivity contribution >= 4 is 34.9 Å². The molecule has 0 spiro atoms. The Kier molecular flexibility index (Phi) is 4.73. The molecule has 23 heavy (non-hydrogen) atoms. The van der Waals surface area contributed by atoms with Gasteiger partial charge < -0.3 is 14.8 Å². The molecule has 1 amide bonds. The molecule has 8 heteroatoms. The van der Waals surface area contributed by atoms with Gasteiger partial charge in [-0.1, -0.05) is 23.2 Å². The van der Waals surface area contributed by atoms with E-state index in [2.05, 4.69) is 20.2 Å². The Labute approximate surface area is 144 Å². The van der Waals surface area contributed by atoms with E-state index in [0.717, 1.165) is 19.4 Å². The summed E-state index contributed by atoms with van der Waals surface area (Å²) in [5.74, 6) is 0.542. The molecule has 0 aromatic carbocycles. The first-order valence-electron chi connectivity index (χ1n) is 7.38. The van der Waals surface area contributed by atoms with Crippen molar-refractivity contribution in [1.82, 2.24) is 19.9 Å². The number of amides is 1. The summed E-state index contributed by atoms with van der Waals surface area (Å²) < 4.78 is 1.75. The molecule has 3 rings (SSSR count). The van der Waals surface area contributed by atoms with E-state index in [1.54, 1.807) is 29.4 Å². The van der Waals surface area contributed by atoms with Crippen molar-refractivity contribution in [3.05, 3.63) is 40.5 Å².